The number of methoxy groups -OCH3 is 1. The molecule has 0 aliphatic heterocycles. The maximum Gasteiger partial charge on any atom is 0.234 e. The van der Waals surface area contributed by atoms with Crippen LogP contribution in [0.15, 0.2) is 59.8 Å². The third-order valence-corrected chi connectivity index (χ3v) is 5.28. The van der Waals surface area contributed by atoms with E-state index >= 15 is 0 Å². The molecule has 2 N–H and O–H groups in total. The second kappa shape index (κ2) is 10.4. The fourth-order valence-corrected chi connectivity index (χ4v) is 3.40. The van der Waals surface area contributed by atoms with Crippen molar-refractivity contribution >= 4 is 29.3 Å². The molecule has 0 bridgehead atoms. The molecule has 1 aromatic heterocycles. The number of nitrogens with zero attached hydrogens (tertiary/aromatic N) is 3. The highest BCUT2D eigenvalue weighted by Gasteiger charge is 2.13. The zero-order valence-corrected chi connectivity index (χ0v) is 17.6. The lowest BCUT2D eigenvalue weighted by molar-refractivity contribution is -0.120. The first-order chi connectivity index (χ1) is 14.5. The summed E-state index contributed by atoms with van der Waals surface area (Å²) < 4.78 is 6.92. The Kier molecular flexibility index (Phi) is 7.45. The molecule has 0 spiro atoms. The summed E-state index contributed by atoms with van der Waals surface area (Å²) in [7, 11) is 3.38. The lowest BCUT2D eigenvalue weighted by Crippen LogP contribution is -2.26. The maximum absolute atomic E-state index is 12.2. The van der Waals surface area contributed by atoms with E-state index in [1.54, 1.807) is 30.9 Å². The molecule has 3 rings (SSSR count). The zero-order valence-electron chi connectivity index (χ0n) is 16.8. The molecule has 0 radical (unpaired) electrons. The largest absolute Gasteiger partial charge is 0.497 e. The first kappa shape index (κ1) is 21.4. The predicted molar refractivity (Wildman–Crippen MR) is 115 cm³/mol. The summed E-state index contributed by atoms with van der Waals surface area (Å²) in [6.07, 6.45) is 0.310. The SMILES string of the molecule is COc1cccc(NC(=O)CSc2nnc(CNC(=O)Cc3ccccc3)n2C)c1. The molecule has 0 saturated heterocycles. The van der Waals surface area contributed by atoms with Crippen LogP contribution in [0.4, 0.5) is 5.69 Å². The van der Waals surface area contributed by atoms with Crippen molar-refractivity contribution in [1.82, 2.24) is 20.1 Å². The number of nitrogens with one attached hydrogen (secondary N) is 2. The van der Waals surface area contributed by atoms with Crippen LogP contribution >= 0.6 is 11.8 Å². The fourth-order valence-electron chi connectivity index (χ4n) is 2.67. The molecule has 3 aromatic rings. The number of hydrogen-bond donors (Lipinski definition) is 2. The number of rotatable bonds is 9. The second-order valence-electron chi connectivity index (χ2n) is 6.47. The van der Waals surface area contributed by atoms with Gasteiger partial charge in [0.25, 0.3) is 0 Å². The van der Waals surface area contributed by atoms with Crippen molar-refractivity contribution in [2.75, 3.05) is 18.2 Å². The molecule has 156 valence electrons. The van der Waals surface area contributed by atoms with E-state index in [4.69, 9.17) is 4.74 Å². The van der Waals surface area contributed by atoms with Gasteiger partial charge in [0, 0.05) is 18.8 Å². The molecule has 0 aliphatic rings. The molecule has 0 atom stereocenters. The Morgan fingerprint density at radius 2 is 1.87 bits per heavy atom. The maximum atomic E-state index is 12.2. The Morgan fingerprint density at radius 3 is 2.63 bits per heavy atom. The van der Waals surface area contributed by atoms with Crippen LogP contribution in [0.25, 0.3) is 0 Å². The van der Waals surface area contributed by atoms with Gasteiger partial charge in [-0.3, -0.25) is 9.59 Å². The van der Waals surface area contributed by atoms with E-state index in [2.05, 4.69) is 20.8 Å². The van der Waals surface area contributed by atoms with Gasteiger partial charge >= 0.3 is 0 Å². The lowest BCUT2D eigenvalue weighted by atomic mass is 10.1. The molecular formula is C21H23N5O3S. The van der Waals surface area contributed by atoms with Crippen molar-refractivity contribution in [3.05, 3.63) is 66.0 Å². The molecular weight excluding hydrogens is 402 g/mol. The summed E-state index contributed by atoms with van der Waals surface area (Å²) in [5.74, 6) is 1.23. The monoisotopic (exact) mass is 425 g/mol. The molecule has 2 aromatic carbocycles. The third kappa shape index (κ3) is 6.08. The first-order valence-electron chi connectivity index (χ1n) is 9.30. The summed E-state index contributed by atoms with van der Waals surface area (Å²) in [5, 5.41) is 14.5. The molecule has 2 amide bonds. The number of amides is 2. The predicted octanol–water partition coefficient (Wildman–Crippen LogP) is 2.41. The zero-order chi connectivity index (χ0) is 21.3. The Balaban J connectivity index is 1.47. The first-order valence-corrected chi connectivity index (χ1v) is 10.3. The van der Waals surface area contributed by atoms with E-state index in [-0.39, 0.29) is 24.1 Å². The number of ether oxygens (including phenoxy) is 1. The highest BCUT2D eigenvalue weighted by atomic mass is 32.2. The Labute approximate surface area is 179 Å². The standard InChI is InChI=1S/C21H23N5O3S/c1-26-18(13-22-19(27)11-15-7-4-3-5-8-15)24-25-21(26)30-14-20(28)23-16-9-6-10-17(12-16)29-2/h3-10,12H,11,13-14H2,1-2H3,(H,22,27)(H,23,28). The van der Waals surface area contributed by atoms with E-state index in [1.807, 2.05) is 42.5 Å². The molecule has 1 heterocycles. The van der Waals surface area contributed by atoms with Crippen molar-refractivity contribution in [2.45, 2.75) is 18.1 Å². The highest BCUT2D eigenvalue weighted by molar-refractivity contribution is 7.99. The average Bonchev–Trinajstić information content (AvgIpc) is 3.11. The average molecular weight is 426 g/mol. The summed E-state index contributed by atoms with van der Waals surface area (Å²) in [5.41, 5.74) is 1.62. The lowest BCUT2D eigenvalue weighted by Gasteiger charge is -2.07. The van der Waals surface area contributed by atoms with Crippen LogP contribution in [0.5, 0.6) is 5.75 Å². The topological polar surface area (TPSA) is 98.1 Å². The molecule has 30 heavy (non-hydrogen) atoms. The van der Waals surface area contributed by atoms with Gasteiger partial charge in [-0.05, 0) is 17.7 Å². The number of thioether (sulfide) groups is 1. The van der Waals surface area contributed by atoms with Gasteiger partial charge in [0.2, 0.25) is 11.8 Å². The summed E-state index contributed by atoms with van der Waals surface area (Å²) in [4.78, 5) is 24.3. The number of hydrogen-bond acceptors (Lipinski definition) is 6. The smallest absolute Gasteiger partial charge is 0.234 e. The van der Waals surface area contributed by atoms with Crippen molar-refractivity contribution in [1.29, 1.82) is 0 Å². The Hall–Kier alpha value is -3.33. The van der Waals surface area contributed by atoms with Crippen LogP contribution < -0.4 is 15.4 Å². The summed E-state index contributed by atoms with van der Waals surface area (Å²) >= 11 is 1.28. The minimum atomic E-state index is -0.158. The quantitative estimate of drug-likeness (QED) is 0.511. The van der Waals surface area contributed by atoms with Gasteiger partial charge in [0.15, 0.2) is 11.0 Å². The molecule has 0 unspecified atom stereocenters. The van der Waals surface area contributed by atoms with Crippen LogP contribution in [-0.2, 0) is 29.6 Å². The second-order valence-corrected chi connectivity index (χ2v) is 7.41. The van der Waals surface area contributed by atoms with Crippen LogP contribution in [0.3, 0.4) is 0 Å². The van der Waals surface area contributed by atoms with Gasteiger partial charge in [0.1, 0.15) is 5.75 Å². The van der Waals surface area contributed by atoms with Crippen molar-refractivity contribution in [3.63, 3.8) is 0 Å². The number of carbonyl (C=O) groups is 2. The van der Waals surface area contributed by atoms with Gasteiger partial charge in [-0.1, -0.05) is 48.2 Å². The minimum absolute atomic E-state index is 0.0870. The molecule has 8 nitrogen and oxygen atoms in total. The van der Waals surface area contributed by atoms with Crippen molar-refractivity contribution < 1.29 is 14.3 Å². The summed E-state index contributed by atoms with van der Waals surface area (Å²) in [6, 6.07) is 16.7. The van der Waals surface area contributed by atoms with Crippen molar-refractivity contribution in [3.8, 4) is 5.75 Å². The van der Waals surface area contributed by atoms with Crippen LogP contribution in [0.2, 0.25) is 0 Å². The normalized spacial score (nSPS) is 10.5. The van der Waals surface area contributed by atoms with Crippen LogP contribution in [0, 0.1) is 0 Å². The van der Waals surface area contributed by atoms with Gasteiger partial charge in [-0.2, -0.15) is 0 Å². The molecule has 9 heteroatoms. The summed E-state index contributed by atoms with van der Waals surface area (Å²) in [6.45, 7) is 0.270. The number of carbonyl (C=O) groups excluding carboxylic acids is 2. The molecule has 0 fully saturated rings. The van der Waals surface area contributed by atoms with E-state index in [9.17, 15) is 9.59 Å². The number of benzene rings is 2. The van der Waals surface area contributed by atoms with Crippen LogP contribution in [-0.4, -0.2) is 39.4 Å². The Bertz CT molecular complexity index is 1010. The van der Waals surface area contributed by atoms with E-state index in [1.165, 1.54) is 11.8 Å². The van der Waals surface area contributed by atoms with E-state index in [0.29, 0.717) is 28.8 Å². The number of anilines is 1. The molecule has 0 aliphatic carbocycles. The highest BCUT2D eigenvalue weighted by Crippen LogP contribution is 2.19. The third-order valence-electron chi connectivity index (χ3n) is 4.26. The minimum Gasteiger partial charge on any atom is -0.497 e. The number of aromatic nitrogens is 3. The van der Waals surface area contributed by atoms with Gasteiger partial charge in [0.05, 0.1) is 25.8 Å². The van der Waals surface area contributed by atoms with E-state index < -0.39 is 0 Å². The van der Waals surface area contributed by atoms with Gasteiger partial charge in [-0.15, -0.1) is 10.2 Å². The van der Waals surface area contributed by atoms with Crippen LogP contribution in [0.1, 0.15) is 11.4 Å². The fraction of sp³-hybridized carbons (Fsp3) is 0.238. The Morgan fingerprint density at radius 1 is 1.07 bits per heavy atom. The van der Waals surface area contributed by atoms with Crippen molar-refractivity contribution in [2.24, 2.45) is 7.05 Å². The van der Waals surface area contributed by atoms with Gasteiger partial charge in [-0.25, -0.2) is 0 Å². The molecule has 0 saturated carbocycles. The van der Waals surface area contributed by atoms with Gasteiger partial charge < -0.3 is 19.9 Å². The van der Waals surface area contributed by atoms with E-state index in [0.717, 1.165) is 5.56 Å².